The molecule has 2 aromatic carbocycles. The van der Waals surface area contributed by atoms with Gasteiger partial charge in [0.05, 0.1) is 24.8 Å². The third kappa shape index (κ3) is 5.22. The standard InChI is InChI=1S/C25H27N3O3/c1-17(20-10-5-7-18(13-20)14-23(29)30)16-31-24(19-8-3-2-4-9-19)22-15-27-21-11-6-12-26-25(21)28-22/h2-13,17,22,24,27H,14-16H2,1H3,(H,26,28)(H,29,30)/t17-,22-,24-/m1/s1. The second kappa shape index (κ2) is 9.62. The first kappa shape index (κ1) is 20.9. The Kier molecular flexibility index (Phi) is 6.48. The summed E-state index contributed by atoms with van der Waals surface area (Å²) in [6.07, 6.45) is 1.65. The van der Waals surface area contributed by atoms with E-state index in [-0.39, 0.29) is 24.5 Å². The van der Waals surface area contributed by atoms with Crippen LogP contribution in [-0.4, -0.2) is 35.3 Å². The van der Waals surface area contributed by atoms with Crippen LogP contribution in [0.2, 0.25) is 0 Å². The van der Waals surface area contributed by atoms with E-state index in [0.717, 1.165) is 34.7 Å². The lowest BCUT2D eigenvalue weighted by Crippen LogP contribution is -2.39. The summed E-state index contributed by atoms with van der Waals surface area (Å²) in [4.78, 5) is 15.5. The average Bonchev–Trinajstić information content (AvgIpc) is 2.79. The number of hydrogen-bond acceptors (Lipinski definition) is 5. The number of carboxylic acid groups (broad SMARTS) is 1. The third-order valence-electron chi connectivity index (χ3n) is 5.54. The molecule has 31 heavy (non-hydrogen) atoms. The van der Waals surface area contributed by atoms with Crippen molar-refractivity contribution in [1.82, 2.24) is 4.98 Å². The first-order chi connectivity index (χ1) is 15.1. The van der Waals surface area contributed by atoms with Crippen LogP contribution in [0.25, 0.3) is 0 Å². The van der Waals surface area contributed by atoms with Crippen LogP contribution in [-0.2, 0) is 16.0 Å². The van der Waals surface area contributed by atoms with Crippen molar-refractivity contribution in [1.29, 1.82) is 0 Å². The molecule has 0 unspecified atom stereocenters. The molecule has 0 spiro atoms. The molecule has 4 rings (SSSR count). The summed E-state index contributed by atoms with van der Waals surface area (Å²) >= 11 is 0. The SMILES string of the molecule is C[C@H](CO[C@H](c1ccccc1)[C@H]1CNc2cccnc2N1)c1cccc(CC(=O)O)c1. The van der Waals surface area contributed by atoms with Gasteiger partial charge in [-0.25, -0.2) is 4.98 Å². The van der Waals surface area contributed by atoms with E-state index in [1.807, 2.05) is 54.6 Å². The smallest absolute Gasteiger partial charge is 0.307 e. The Morgan fingerprint density at radius 2 is 1.94 bits per heavy atom. The Bertz CT molecular complexity index is 1030. The van der Waals surface area contributed by atoms with Crippen molar-refractivity contribution in [2.24, 2.45) is 0 Å². The van der Waals surface area contributed by atoms with Gasteiger partial charge in [0.25, 0.3) is 0 Å². The maximum absolute atomic E-state index is 11.0. The molecule has 0 saturated heterocycles. The Morgan fingerprint density at radius 1 is 1.13 bits per heavy atom. The van der Waals surface area contributed by atoms with Gasteiger partial charge in [0, 0.05) is 18.7 Å². The maximum Gasteiger partial charge on any atom is 0.307 e. The van der Waals surface area contributed by atoms with Crippen LogP contribution < -0.4 is 10.6 Å². The van der Waals surface area contributed by atoms with E-state index < -0.39 is 5.97 Å². The van der Waals surface area contributed by atoms with Crippen molar-refractivity contribution >= 4 is 17.5 Å². The number of aliphatic carboxylic acids is 1. The predicted molar refractivity (Wildman–Crippen MR) is 121 cm³/mol. The Morgan fingerprint density at radius 3 is 2.74 bits per heavy atom. The lowest BCUT2D eigenvalue weighted by Gasteiger charge is -2.34. The fraction of sp³-hybridized carbons (Fsp3) is 0.280. The largest absolute Gasteiger partial charge is 0.481 e. The zero-order chi connectivity index (χ0) is 21.6. The number of carbonyl (C=O) groups is 1. The van der Waals surface area contributed by atoms with Crippen molar-refractivity contribution in [2.75, 3.05) is 23.8 Å². The van der Waals surface area contributed by atoms with Gasteiger partial charge in [-0.05, 0) is 28.8 Å². The molecule has 0 radical (unpaired) electrons. The second-order valence-electron chi connectivity index (χ2n) is 7.91. The molecular weight excluding hydrogens is 390 g/mol. The van der Waals surface area contributed by atoms with Crippen LogP contribution in [0.4, 0.5) is 11.5 Å². The van der Waals surface area contributed by atoms with Gasteiger partial charge in [0.15, 0.2) is 0 Å². The number of fused-ring (bicyclic) bond motifs is 1. The molecule has 3 N–H and O–H groups in total. The van der Waals surface area contributed by atoms with E-state index in [4.69, 9.17) is 9.84 Å². The third-order valence-corrected chi connectivity index (χ3v) is 5.54. The molecule has 1 aliphatic heterocycles. The van der Waals surface area contributed by atoms with Crippen LogP contribution in [0.15, 0.2) is 72.9 Å². The monoisotopic (exact) mass is 417 g/mol. The minimum atomic E-state index is -0.824. The summed E-state index contributed by atoms with van der Waals surface area (Å²) in [6.45, 7) is 3.34. The summed E-state index contributed by atoms with van der Waals surface area (Å²) in [5, 5.41) is 16.0. The van der Waals surface area contributed by atoms with E-state index in [1.54, 1.807) is 6.20 Å². The molecule has 0 aliphatic carbocycles. The maximum atomic E-state index is 11.0. The number of aromatic nitrogens is 1. The zero-order valence-corrected chi connectivity index (χ0v) is 17.5. The van der Waals surface area contributed by atoms with Crippen LogP contribution in [0.1, 0.15) is 35.6 Å². The molecule has 0 amide bonds. The molecule has 0 bridgehead atoms. The minimum absolute atomic E-state index is 0.0235. The summed E-state index contributed by atoms with van der Waals surface area (Å²) in [5.41, 5.74) is 3.98. The van der Waals surface area contributed by atoms with Gasteiger partial charge in [-0.2, -0.15) is 0 Å². The van der Waals surface area contributed by atoms with E-state index in [2.05, 4.69) is 34.7 Å². The lowest BCUT2D eigenvalue weighted by molar-refractivity contribution is -0.136. The summed E-state index contributed by atoms with van der Waals surface area (Å²) in [6, 6.07) is 21.9. The number of anilines is 2. The summed E-state index contributed by atoms with van der Waals surface area (Å²) < 4.78 is 6.47. The van der Waals surface area contributed by atoms with Crippen molar-refractivity contribution < 1.29 is 14.6 Å². The Hall–Kier alpha value is -3.38. The minimum Gasteiger partial charge on any atom is -0.481 e. The highest BCUT2D eigenvalue weighted by atomic mass is 16.5. The number of nitrogens with one attached hydrogen (secondary N) is 2. The normalized spacial score (nSPS) is 17.0. The average molecular weight is 418 g/mol. The molecule has 2 heterocycles. The molecule has 3 atom stereocenters. The van der Waals surface area contributed by atoms with Crippen LogP contribution in [0.3, 0.4) is 0 Å². The number of carboxylic acids is 1. The van der Waals surface area contributed by atoms with E-state index in [9.17, 15) is 4.79 Å². The van der Waals surface area contributed by atoms with E-state index in [1.165, 1.54) is 0 Å². The fourth-order valence-corrected chi connectivity index (χ4v) is 3.91. The number of nitrogens with zero attached hydrogens (tertiary/aromatic N) is 1. The van der Waals surface area contributed by atoms with Gasteiger partial charge >= 0.3 is 5.97 Å². The van der Waals surface area contributed by atoms with Crippen LogP contribution in [0, 0.1) is 0 Å². The first-order valence-corrected chi connectivity index (χ1v) is 10.5. The van der Waals surface area contributed by atoms with Gasteiger partial charge in [-0.1, -0.05) is 61.5 Å². The molecule has 0 fully saturated rings. The highest BCUT2D eigenvalue weighted by Gasteiger charge is 2.28. The van der Waals surface area contributed by atoms with Gasteiger partial charge in [-0.15, -0.1) is 0 Å². The van der Waals surface area contributed by atoms with Gasteiger partial charge in [0.1, 0.15) is 11.9 Å². The Labute approximate surface area is 182 Å². The molecule has 1 aliphatic rings. The molecule has 160 valence electrons. The van der Waals surface area contributed by atoms with E-state index in [0.29, 0.717) is 6.61 Å². The number of hydrogen-bond donors (Lipinski definition) is 3. The number of pyridine rings is 1. The lowest BCUT2D eigenvalue weighted by atomic mass is 9.97. The molecule has 6 nitrogen and oxygen atoms in total. The highest BCUT2D eigenvalue weighted by molar-refractivity contribution is 5.70. The number of rotatable bonds is 8. The van der Waals surface area contributed by atoms with Crippen molar-refractivity contribution in [3.05, 3.63) is 89.6 Å². The fourth-order valence-electron chi connectivity index (χ4n) is 3.91. The van der Waals surface area contributed by atoms with Crippen LogP contribution >= 0.6 is 0 Å². The van der Waals surface area contributed by atoms with Gasteiger partial charge < -0.3 is 20.5 Å². The highest BCUT2D eigenvalue weighted by Crippen LogP contribution is 2.31. The molecular formula is C25H27N3O3. The topological polar surface area (TPSA) is 83.5 Å². The molecule has 1 aromatic heterocycles. The predicted octanol–water partition coefficient (Wildman–Crippen LogP) is 4.48. The number of benzene rings is 2. The van der Waals surface area contributed by atoms with Crippen molar-refractivity contribution in [3.63, 3.8) is 0 Å². The van der Waals surface area contributed by atoms with Crippen molar-refractivity contribution in [3.8, 4) is 0 Å². The molecule has 3 aromatic rings. The molecule has 6 heteroatoms. The number of ether oxygens (including phenoxy) is 1. The zero-order valence-electron chi connectivity index (χ0n) is 17.5. The van der Waals surface area contributed by atoms with Gasteiger partial charge in [0.2, 0.25) is 0 Å². The second-order valence-corrected chi connectivity index (χ2v) is 7.91. The summed E-state index contributed by atoms with van der Waals surface area (Å²) in [5.74, 6) is 0.134. The van der Waals surface area contributed by atoms with E-state index >= 15 is 0 Å². The Balaban J connectivity index is 1.49. The summed E-state index contributed by atoms with van der Waals surface area (Å²) in [7, 11) is 0. The molecule has 0 saturated carbocycles. The van der Waals surface area contributed by atoms with Crippen molar-refractivity contribution in [2.45, 2.75) is 31.4 Å². The van der Waals surface area contributed by atoms with Gasteiger partial charge in [-0.3, -0.25) is 4.79 Å². The first-order valence-electron chi connectivity index (χ1n) is 10.5. The quantitative estimate of drug-likeness (QED) is 0.501. The van der Waals surface area contributed by atoms with Crippen LogP contribution in [0.5, 0.6) is 0 Å².